The maximum Gasteiger partial charge on any atom is 0.270 e. The molecule has 0 saturated carbocycles. The molecule has 0 fully saturated rings. The van der Waals surface area contributed by atoms with Gasteiger partial charge in [-0.3, -0.25) is 14.9 Å². The average Bonchev–Trinajstić information content (AvgIpc) is 2.61. The lowest BCUT2D eigenvalue weighted by Gasteiger charge is -2.07. The van der Waals surface area contributed by atoms with Gasteiger partial charge in [0.25, 0.3) is 5.69 Å². The zero-order chi connectivity index (χ0) is 16.9. The van der Waals surface area contributed by atoms with Gasteiger partial charge in [-0.2, -0.15) is 0 Å². The molecule has 0 spiro atoms. The SMILES string of the molecule is O=C(CCNc1ccc2ccccc2c1)c1cccc([N+](=O)[O-])c1. The Balaban J connectivity index is 1.61. The smallest absolute Gasteiger partial charge is 0.270 e. The van der Waals surface area contributed by atoms with Crippen molar-refractivity contribution < 1.29 is 9.72 Å². The Morgan fingerprint density at radius 1 is 0.958 bits per heavy atom. The quantitative estimate of drug-likeness (QED) is 0.414. The van der Waals surface area contributed by atoms with Crippen LogP contribution in [0.5, 0.6) is 0 Å². The molecule has 5 nitrogen and oxygen atoms in total. The van der Waals surface area contributed by atoms with Crippen LogP contribution in [-0.2, 0) is 0 Å². The van der Waals surface area contributed by atoms with Gasteiger partial charge in [-0.1, -0.05) is 42.5 Å². The molecule has 0 aliphatic heterocycles. The Bertz CT molecular complexity index is 906. The minimum Gasteiger partial charge on any atom is -0.385 e. The molecule has 0 radical (unpaired) electrons. The van der Waals surface area contributed by atoms with Crippen LogP contribution >= 0.6 is 0 Å². The van der Waals surface area contributed by atoms with E-state index >= 15 is 0 Å². The Morgan fingerprint density at radius 3 is 2.54 bits per heavy atom. The van der Waals surface area contributed by atoms with E-state index in [2.05, 4.69) is 5.32 Å². The fraction of sp³-hybridized carbons (Fsp3) is 0.105. The number of carbonyl (C=O) groups excluding carboxylic acids is 1. The minimum atomic E-state index is -0.496. The summed E-state index contributed by atoms with van der Waals surface area (Å²) in [5.74, 6) is -0.119. The van der Waals surface area contributed by atoms with E-state index in [0.717, 1.165) is 16.5 Å². The van der Waals surface area contributed by atoms with Crippen LogP contribution in [0.1, 0.15) is 16.8 Å². The molecule has 24 heavy (non-hydrogen) atoms. The number of nitrogens with zero attached hydrogens (tertiary/aromatic N) is 1. The number of hydrogen-bond acceptors (Lipinski definition) is 4. The van der Waals surface area contributed by atoms with Crippen molar-refractivity contribution >= 4 is 27.9 Å². The summed E-state index contributed by atoms with van der Waals surface area (Å²) in [5, 5.41) is 16.3. The number of anilines is 1. The third-order valence-electron chi connectivity index (χ3n) is 3.81. The summed E-state index contributed by atoms with van der Waals surface area (Å²) in [4.78, 5) is 22.4. The van der Waals surface area contributed by atoms with Crippen LogP contribution in [0.15, 0.2) is 66.7 Å². The number of Topliss-reactive ketones (excluding diaryl/α,β-unsaturated/α-hetero) is 1. The lowest BCUT2D eigenvalue weighted by Crippen LogP contribution is -2.09. The van der Waals surface area contributed by atoms with Crippen LogP contribution < -0.4 is 5.32 Å². The molecule has 120 valence electrons. The predicted molar refractivity (Wildman–Crippen MR) is 94.5 cm³/mol. The number of benzene rings is 3. The monoisotopic (exact) mass is 320 g/mol. The molecule has 0 atom stereocenters. The third kappa shape index (κ3) is 3.57. The Hall–Kier alpha value is -3.21. The predicted octanol–water partition coefficient (Wildman–Crippen LogP) is 4.43. The van der Waals surface area contributed by atoms with Gasteiger partial charge in [-0.25, -0.2) is 0 Å². The fourth-order valence-electron chi connectivity index (χ4n) is 2.56. The molecule has 0 amide bonds. The molecule has 0 bridgehead atoms. The lowest BCUT2D eigenvalue weighted by molar-refractivity contribution is -0.384. The minimum absolute atomic E-state index is 0.0664. The summed E-state index contributed by atoms with van der Waals surface area (Å²) in [6, 6.07) is 19.9. The molecule has 3 aromatic carbocycles. The van der Waals surface area contributed by atoms with Gasteiger partial charge in [0.15, 0.2) is 5.78 Å². The van der Waals surface area contributed by atoms with E-state index in [0.29, 0.717) is 12.1 Å². The van der Waals surface area contributed by atoms with Gasteiger partial charge in [-0.05, 0) is 22.9 Å². The van der Waals surface area contributed by atoms with Crippen LogP contribution in [0.25, 0.3) is 10.8 Å². The molecule has 0 heterocycles. The molecule has 0 aliphatic rings. The van der Waals surface area contributed by atoms with E-state index in [-0.39, 0.29) is 17.9 Å². The zero-order valence-electron chi connectivity index (χ0n) is 12.9. The van der Waals surface area contributed by atoms with Crippen LogP contribution in [0, 0.1) is 10.1 Å². The van der Waals surface area contributed by atoms with Crippen LogP contribution in [-0.4, -0.2) is 17.3 Å². The van der Waals surface area contributed by atoms with Gasteiger partial charge >= 0.3 is 0 Å². The summed E-state index contributed by atoms with van der Waals surface area (Å²) in [7, 11) is 0. The van der Waals surface area contributed by atoms with E-state index in [1.807, 2.05) is 42.5 Å². The molecule has 5 heteroatoms. The second-order valence-electron chi connectivity index (χ2n) is 5.47. The molecule has 1 N–H and O–H groups in total. The van der Waals surface area contributed by atoms with Crippen LogP contribution in [0.2, 0.25) is 0 Å². The van der Waals surface area contributed by atoms with Crippen molar-refractivity contribution in [1.82, 2.24) is 0 Å². The maximum absolute atomic E-state index is 12.2. The summed E-state index contributed by atoms with van der Waals surface area (Å²) in [6.45, 7) is 0.472. The number of non-ortho nitro benzene ring substituents is 1. The molecule has 0 aliphatic carbocycles. The highest BCUT2D eigenvalue weighted by molar-refractivity contribution is 5.97. The fourth-order valence-corrected chi connectivity index (χ4v) is 2.56. The third-order valence-corrected chi connectivity index (χ3v) is 3.81. The number of carbonyl (C=O) groups is 1. The van der Waals surface area contributed by atoms with Crippen molar-refractivity contribution in [2.24, 2.45) is 0 Å². The summed E-state index contributed by atoms with van der Waals surface area (Å²) in [5.41, 5.74) is 1.24. The maximum atomic E-state index is 12.2. The summed E-state index contributed by atoms with van der Waals surface area (Å²) in [6.07, 6.45) is 0.272. The van der Waals surface area contributed by atoms with Gasteiger partial charge in [0.05, 0.1) is 4.92 Å². The molecule has 0 saturated heterocycles. The van der Waals surface area contributed by atoms with E-state index in [9.17, 15) is 14.9 Å². The van der Waals surface area contributed by atoms with Crippen LogP contribution in [0.3, 0.4) is 0 Å². The first kappa shape index (κ1) is 15.7. The topological polar surface area (TPSA) is 72.2 Å². The van der Waals surface area contributed by atoms with Crippen molar-refractivity contribution in [2.75, 3.05) is 11.9 Å². The van der Waals surface area contributed by atoms with Gasteiger partial charge in [0, 0.05) is 36.3 Å². The zero-order valence-corrected chi connectivity index (χ0v) is 12.9. The Morgan fingerprint density at radius 2 is 1.75 bits per heavy atom. The molecule has 3 rings (SSSR count). The van der Waals surface area contributed by atoms with Crippen molar-refractivity contribution in [3.8, 4) is 0 Å². The first-order chi connectivity index (χ1) is 11.6. The Labute approximate surface area is 139 Å². The second-order valence-corrected chi connectivity index (χ2v) is 5.47. The number of hydrogen-bond donors (Lipinski definition) is 1. The van der Waals surface area contributed by atoms with Crippen molar-refractivity contribution in [3.63, 3.8) is 0 Å². The van der Waals surface area contributed by atoms with Crippen LogP contribution in [0.4, 0.5) is 11.4 Å². The van der Waals surface area contributed by atoms with Crippen molar-refractivity contribution in [3.05, 3.63) is 82.4 Å². The standard InChI is InChI=1S/C19H16N2O3/c22-19(16-6-3-7-18(13-16)21(23)24)10-11-20-17-9-8-14-4-1-2-5-15(14)12-17/h1-9,12-13,20H,10-11H2. The molecule has 0 unspecified atom stereocenters. The van der Waals surface area contributed by atoms with Crippen molar-refractivity contribution in [2.45, 2.75) is 6.42 Å². The van der Waals surface area contributed by atoms with E-state index in [1.165, 1.54) is 18.2 Å². The summed E-state index contributed by atoms with van der Waals surface area (Å²) >= 11 is 0. The largest absolute Gasteiger partial charge is 0.385 e. The van der Waals surface area contributed by atoms with E-state index in [4.69, 9.17) is 0 Å². The summed E-state index contributed by atoms with van der Waals surface area (Å²) < 4.78 is 0. The molecular formula is C19H16N2O3. The second kappa shape index (κ2) is 6.91. The molecule has 0 aromatic heterocycles. The number of ketones is 1. The number of nitrogens with one attached hydrogen (secondary N) is 1. The molecule has 3 aromatic rings. The van der Waals surface area contributed by atoms with Gasteiger partial charge in [-0.15, -0.1) is 0 Å². The molecular weight excluding hydrogens is 304 g/mol. The first-order valence-corrected chi connectivity index (χ1v) is 7.64. The Kier molecular flexibility index (Phi) is 4.52. The van der Waals surface area contributed by atoms with Gasteiger partial charge in [0.2, 0.25) is 0 Å². The number of fused-ring (bicyclic) bond motifs is 1. The van der Waals surface area contributed by atoms with Gasteiger partial charge < -0.3 is 5.32 Å². The van der Waals surface area contributed by atoms with Crippen molar-refractivity contribution in [1.29, 1.82) is 0 Å². The average molecular weight is 320 g/mol. The normalized spacial score (nSPS) is 10.5. The number of nitro groups is 1. The highest BCUT2D eigenvalue weighted by Gasteiger charge is 2.11. The number of rotatable bonds is 6. The lowest BCUT2D eigenvalue weighted by atomic mass is 10.1. The van der Waals surface area contributed by atoms with Gasteiger partial charge in [0.1, 0.15) is 0 Å². The number of nitro benzene ring substituents is 1. The first-order valence-electron chi connectivity index (χ1n) is 7.64. The highest BCUT2D eigenvalue weighted by atomic mass is 16.6. The highest BCUT2D eigenvalue weighted by Crippen LogP contribution is 2.19. The van der Waals surface area contributed by atoms with E-state index < -0.39 is 4.92 Å². The van der Waals surface area contributed by atoms with E-state index in [1.54, 1.807) is 6.07 Å².